The first kappa shape index (κ1) is 17.3. The van der Waals surface area contributed by atoms with Crippen LogP contribution in [-0.2, 0) is 16.5 Å². The fourth-order valence-electron chi connectivity index (χ4n) is 3.09. The van der Waals surface area contributed by atoms with Crippen LogP contribution in [0.15, 0.2) is 36.7 Å². The zero-order chi connectivity index (χ0) is 17.2. The Labute approximate surface area is 147 Å². The normalized spacial score (nSPS) is 19.8. The van der Waals surface area contributed by atoms with Gasteiger partial charge in [0.2, 0.25) is 4.77 Å². The quantitative estimate of drug-likeness (QED) is 0.734. The number of sulfone groups is 1. The number of hydrogen-bond donors (Lipinski definition) is 0. The van der Waals surface area contributed by atoms with Gasteiger partial charge >= 0.3 is 0 Å². The maximum Gasteiger partial charge on any atom is 0.203 e. The van der Waals surface area contributed by atoms with Crippen LogP contribution in [0.1, 0.15) is 19.8 Å². The van der Waals surface area contributed by atoms with Crippen LogP contribution in [0.25, 0.3) is 5.69 Å². The van der Waals surface area contributed by atoms with E-state index in [4.69, 9.17) is 12.2 Å². The van der Waals surface area contributed by atoms with E-state index >= 15 is 0 Å². The van der Waals surface area contributed by atoms with E-state index < -0.39 is 9.84 Å². The molecule has 6 nitrogen and oxygen atoms in total. The van der Waals surface area contributed by atoms with Crippen LogP contribution in [0.3, 0.4) is 0 Å². The van der Waals surface area contributed by atoms with Crippen molar-refractivity contribution in [1.29, 1.82) is 0 Å². The lowest BCUT2D eigenvalue weighted by atomic mass is 10.2. The predicted molar refractivity (Wildman–Crippen MR) is 96.4 cm³/mol. The molecule has 0 bridgehead atoms. The lowest BCUT2D eigenvalue weighted by molar-refractivity contribution is 0.155. The largest absolute Gasteiger partial charge is 0.280 e. The van der Waals surface area contributed by atoms with Gasteiger partial charge in [-0.05, 0) is 43.7 Å². The summed E-state index contributed by atoms with van der Waals surface area (Å²) in [6.45, 7) is 3.45. The summed E-state index contributed by atoms with van der Waals surface area (Å²) >= 11 is 5.55. The van der Waals surface area contributed by atoms with Gasteiger partial charge in [-0.1, -0.05) is 25.1 Å². The molecule has 1 atom stereocenters. The highest BCUT2D eigenvalue weighted by Gasteiger charge is 2.32. The maximum atomic E-state index is 11.8. The second-order valence-electron chi connectivity index (χ2n) is 6.13. The van der Waals surface area contributed by atoms with Crippen LogP contribution in [0.5, 0.6) is 0 Å². The second-order valence-corrected chi connectivity index (χ2v) is 8.72. The standard InChI is InChI=1S/C16H22N4O2S2/c1-2-9-18(15-8-10-24(21,22)11-15)13-20-16(23)19(12-17-20)14-6-4-3-5-7-14/h3-7,12,15H,2,8-11,13H2,1H3/t15-/m0/s1. The van der Waals surface area contributed by atoms with Gasteiger partial charge < -0.3 is 0 Å². The number of benzene rings is 1. The van der Waals surface area contributed by atoms with E-state index in [0.717, 1.165) is 18.7 Å². The predicted octanol–water partition coefficient (Wildman–Crippen LogP) is 2.26. The monoisotopic (exact) mass is 366 g/mol. The molecule has 0 aliphatic carbocycles. The summed E-state index contributed by atoms with van der Waals surface area (Å²) in [5.41, 5.74) is 0.972. The van der Waals surface area contributed by atoms with Crippen molar-refractivity contribution in [3.63, 3.8) is 0 Å². The summed E-state index contributed by atoms with van der Waals surface area (Å²) in [5.74, 6) is 0.515. The number of rotatable bonds is 6. The van der Waals surface area contributed by atoms with Crippen LogP contribution in [-0.4, -0.2) is 51.8 Å². The topological polar surface area (TPSA) is 60.1 Å². The Morgan fingerprint density at radius 1 is 1.33 bits per heavy atom. The first-order valence-electron chi connectivity index (χ1n) is 8.14. The molecular weight excluding hydrogens is 344 g/mol. The van der Waals surface area contributed by atoms with Gasteiger partial charge in [0.25, 0.3) is 0 Å². The Morgan fingerprint density at radius 2 is 2.08 bits per heavy atom. The van der Waals surface area contributed by atoms with Crippen LogP contribution < -0.4 is 0 Å². The molecule has 1 fully saturated rings. The van der Waals surface area contributed by atoms with Gasteiger partial charge in [-0.2, -0.15) is 5.10 Å². The third-order valence-corrected chi connectivity index (χ3v) is 6.48. The van der Waals surface area contributed by atoms with E-state index in [1.54, 1.807) is 11.0 Å². The minimum absolute atomic E-state index is 0.0544. The zero-order valence-corrected chi connectivity index (χ0v) is 15.3. The SMILES string of the molecule is CCCN(Cn1ncn(-c2ccccc2)c1=S)[C@H]1CCS(=O)(=O)C1. The number of aromatic nitrogens is 3. The molecule has 1 aromatic heterocycles. The van der Waals surface area contributed by atoms with Crippen LogP contribution in [0.2, 0.25) is 0 Å². The molecule has 2 aromatic rings. The van der Waals surface area contributed by atoms with E-state index in [1.165, 1.54) is 0 Å². The average Bonchev–Trinajstić information content (AvgIpc) is 3.11. The Bertz CT molecular complexity index is 842. The zero-order valence-electron chi connectivity index (χ0n) is 13.7. The Hall–Kier alpha value is -1.51. The van der Waals surface area contributed by atoms with E-state index in [-0.39, 0.29) is 17.5 Å². The Kier molecular flexibility index (Phi) is 5.17. The summed E-state index contributed by atoms with van der Waals surface area (Å²) in [4.78, 5) is 2.18. The van der Waals surface area contributed by atoms with Gasteiger partial charge in [-0.15, -0.1) is 0 Å². The van der Waals surface area contributed by atoms with Gasteiger partial charge in [0.15, 0.2) is 9.84 Å². The molecule has 1 aliphatic rings. The molecule has 2 heterocycles. The van der Waals surface area contributed by atoms with E-state index in [2.05, 4.69) is 16.9 Å². The van der Waals surface area contributed by atoms with Gasteiger partial charge in [-0.25, -0.2) is 13.1 Å². The highest BCUT2D eigenvalue weighted by atomic mass is 32.2. The molecule has 0 saturated carbocycles. The lowest BCUT2D eigenvalue weighted by Crippen LogP contribution is -2.38. The first-order chi connectivity index (χ1) is 11.5. The third kappa shape index (κ3) is 3.76. The van der Waals surface area contributed by atoms with Crippen molar-refractivity contribution in [1.82, 2.24) is 19.2 Å². The number of nitrogens with zero attached hydrogens (tertiary/aromatic N) is 4. The third-order valence-electron chi connectivity index (χ3n) is 4.32. The smallest absolute Gasteiger partial charge is 0.203 e. The van der Waals surface area contributed by atoms with Crippen molar-refractivity contribution in [2.24, 2.45) is 0 Å². The van der Waals surface area contributed by atoms with Crippen molar-refractivity contribution in [2.75, 3.05) is 18.1 Å². The minimum atomic E-state index is -2.90. The van der Waals surface area contributed by atoms with Crippen LogP contribution >= 0.6 is 12.2 Å². The van der Waals surface area contributed by atoms with Crippen molar-refractivity contribution in [3.8, 4) is 5.69 Å². The molecule has 130 valence electrons. The second kappa shape index (κ2) is 7.16. The molecule has 0 amide bonds. The molecule has 0 unspecified atom stereocenters. The molecule has 1 aliphatic heterocycles. The number of hydrogen-bond acceptors (Lipinski definition) is 5. The summed E-state index contributed by atoms with van der Waals surface area (Å²) < 4.78 is 27.8. The number of para-hydroxylation sites is 1. The maximum absolute atomic E-state index is 11.8. The molecule has 0 N–H and O–H groups in total. The molecule has 1 saturated heterocycles. The fourth-order valence-corrected chi connectivity index (χ4v) is 5.11. The lowest BCUT2D eigenvalue weighted by Gasteiger charge is -2.27. The van der Waals surface area contributed by atoms with Crippen LogP contribution in [0, 0.1) is 4.77 Å². The fraction of sp³-hybridized carbons (Fsp3) is 0.500. The van der Waals surface area contributed by atoms with E-state index in [9.17, 15) is 8.42 Å². The Balaban J connectivity index is 1.81. The van der Waals surface area contributed by atoms with Gasteiger partial charge in [0.1, 0.15) is 6.33 Å². The van der Waals surface area contributed by atoms with E-state index in [0.29, 0.717) is 17.9 Å². The molecule has 0 radical (unpaired) electrons. The molecule has 24 heavy (non-hydrogen) atoms. The highest BCUT2D eigenvalue weighted by Crippen LogP contribution is 2.19. The molecule has 1 aromatic carbocycles. The van der Waals surface area contributed by atoms with Crippen molar-refractivity contribution < 1.29 is 8.42 Å². The van der Waals surface area contributed by atoms with E-state index in [1.807, 2.05) is 34.9 Å². The molecule has 8 heteroatoms. The minimum Gasteiger partial charge on any atom is -0.280 e. The van der Waals surface area contributed by atoms with Crippen molar-refractivity contribution in [2.45, 2.75) is 32.5 Å². The van der Waals surface area contributed by atoms with Gasteiger partial charge in [-0.3, -0.25) is 9.47 Å². The summed E-state index contributed by atoms with van der Waals surface area (Å²) in [6.07, 6.45) is 3.37. The van der Waals surface area contributed by atoms with Crippen molar-refractivity contribution in [3.05, 3.63) is 41.4 Å². The van der Waals surface area contributed by atoms with Gasteiger partial charge in [0, 0.05) is 11.7 Å². The average molecular weight is 367 g/mol. The van der Waals surface area contributed by atoms with Crippen LogP contribution in [0.4, 0.5) is 0 Å². The van der Waals surface area contributed by atoms with Gasteiger partial charge in [0.05, 0.1) is 18.2 Å². The summed E-state index contributed by atoms with van der Waals surface area (Å²) in [7, 11) is -2.90. The van der Waals surface area contributed by atoms with Crippen molar-refractivity contribution >= 4 is 22.1 Å². The molecule has 3 rings (SSSR count). The molecular formula is C16H22N4O2S2. The first-order valence-corrected chi connectivity index (χ1v) is 10.4. The summed E-state index contributed by atoms with van der Waals surface area (Å²) in [6, 6.07) is 9.90. The summed E-state index contributed by atoms with van der Waals surface area (Å²) in [5, 5.41) is 4.41. The Morgan fingerprint density at radius 3 is 2.71 bits per heavy atom. The molecule has 0 spiro atoms. The highest BCUT2D eigenvalue weighted by molar-refractivity contribution is 7.91.